The molecule has 2 aliphatic heterocycles. The van der Waals surface area contributed by atoms with Gasteiger partial charge in [-0.1, -0.05) is 53.5 Å². The maximum atomic E-state index is 15.1. The Morgan fingerprint density at radius 1 is 0.857 bits per heavy atom. The first-order valence-electron chi connectivity index (χ1n) is 15.7. The minimum atomic E-state index is -3.80. The van der Waals surface area contributed by atoms with Crippen LogP contribution in [0, 0.1) is 0 Å². The highest BCUT2D eigenvalue weighted by molar-refractivity contribution is 7.89. The Kier molecular flexibility index (Phi) is 12.6. The van der Waals surface area contributed by atoms with Crippen molar-refractivity contribution < 1.29 is 22.7 Å². The Balaban J connectivity index is 0.00000541. The molecule has 2 fully saturated rings. The van der Waals surface area contributed by atoms with Crippen LogP contribution in [0.4, 0.5) is 0 Å². The Labute approximate surface area is 304 Å². The molecule has 3 aromatic rings. The highest BCUT2D eigenvalue weighted by Gasteiger charge is 2.54. The molecular weight excluding hydrogens is 711 g/mol. The van der Waals surface area contributed by atoms with Gasteiger partial charge in [-0.05, 0) is 48.4 Å². The van der Waals surface area contributed by atoms with Crippen LogP contribution >= 0.6 is 35.6 Å². The monoisotopic (exact) mass is 752 g/mol. The van der Waals surface area contributed by atoms with E-state index < -0.39 is 27.8 Å². The molecule has 1 unspecified atom stereocenters. The van der Waals surface area contributed by atoms with E-state index in [1.165, 1.54) is 26.2 Å². The number of carbonyl (C=O) groups is 2. The summed E-state index contributed by atoms with van der Waals surface area (Å²) in [6.07, 6.45) is 0. The van der Waals surface area contributed by atoms with Gasteiger partial charge in [0.05, 0.1) is 30.1 Å². The third kappa shape index (κ3) is 8.18. The molecule has 2 N–H and O–H groups in total. The lowest BCUT2D eigenvalue weighted by atomic mass is 9.95. The number of sulfonamides is 1. The molecular formula is C34H43Cl3N6O5S. The van der Waals surface area contributed by atoms with Crippen molar-refractivity contribution in [2.75, 3.05) is 67.5 Å². The number of rotatable bonds is 10. The van der Waals surface area contributed by atoms with Gasteiger partial charge in [-0.15, -0.1) is 12.4 Å². The van der Waals surface area contributed by atoms with Crippen LogP contribution in [0.1, 0.15) is 35.7 Å². The summed E-state index contributed by atoms with van der Waals surface area (Å²) in [5.74, 6) is 0.00685. The summed E-state index contributed by atoms with van der Waals surface area (Å²) in [5.41, 5.74) is 0.686. The zero-order valence-corrected chi connectivity index (χ0v) is 31.3. The molecule has 0 spiro atoms. The molecule has 266 valence electrons. The predicted molar refractivity (Wildman–Crippen MR) is 194 cm³/mol. The van der Waals surface area contributed by atoms with E-state index in [9.17, 15) is 13.2 Å². The van der Waals surface area contributed by atoms with Crippen molar-refractivity contribution in [1.82, 2.24) is 29.6 Å². The molecule has 0 saturated carbocycles. The van der Waals surface area contributed by atoms with Crippen molar-refractivity contribution >= 4 is 57.4 Å². The fourth-order valence-corrected chi connectivity index (χ4v) is 7.27. The Hall–Kier alpha value is -2.94. The fourth-order valence-electron chi connectivity index (χ4n) is 6.10. The van der Waals surface area contributed by atoms with Crippen LogP contribution in [0.3, 0.4) is 0 Å². The Morgan fingerprint density at radius 2 is 1.37 bits per heavy atom. The molecule has 11 nitrogen and oxygen atoms in total. The number of amides is 2. The van der Waals surface area contributed by atoms with Crippen LogP contribution in [0.2, 0.25) is 10.0 Å². The van der Waals surface area contributed by atoms with Crippen molar-refractivity contribution in [2.45, 2.75) is 29.6 Å². The van der Waals surface area contributed by atoms with Gasteiger partial charge in [0.15, 0.2) is 5.66 Å². The fraction of sp³-hybridized carbons (Fsp3) is 0.412. The van der Waals surface area contributed by atoms with E-state index in [1.807, 2.05) is 36.1 Å². The van der Waals surface area contributed by atoms with Crippen LogP contribution in [-0.4, -0.2) is 107 Å². The number of ether oxygens (including phenoxy) is 1. The van der Waals surface area contributed by atoms with E-state index in [-0.39, 0.29) is 48.0 Å². The summed E-state index contributed by atoms with van der Waals surface area (Å²) in [6.45, 7) is 4.12. The van der Waals surface area contributed by atoms with Crippen molar-refractivity contribution in [2.24, 2.45) is 0 Å². The Morgan fingerprint density at radius 3 is 1.82 bits per heavy atom. The standard InChI is InChI=1S/C34H42Cl2N6O5S.ClH/c1-6-47-29-21-27(48(45,46)40(4)5)15-16-28(29)34(33(44)42-19-17-41(18-20-42)22-30(43)39(2)3)37-31(23-7-11-25(35)12-8-23)32(38-34)24-9-13-26(36)14-10-24;/h7-16,21,31-32,37-38H,6,17-20,22H2,1-5H3;1H/t31-,32+,34?;. The number of benzene rings is 3. The van der Waals surface area contributed by atoms with E-state index in [0.29, 0.717) is 41.8 Å². The van der Waals surface area contributed by atoms with E-state index in [2.05, 4.69) is 10.6 Å². The smallest absolute Gasteiger partial charge is 0.262 e. The minimum absolute atomic E-state index is 0. The van der Waals surface area contributed by atoms with Gasteiger partial charge in [-0.25, -0.2) is 12.7 Å². The number of piperazine rings is 1. The van der Waals surface area contributed by atoms with Crippen molar-refractivity contribution in [3.63, 3.8) is 0 Å². The molecule has 2 heterocycles. The summed E-state index contributed by atoms with van der Waals surface area (Å²) < 4.78 is 33.6. The lowest BCUT2D eigenvalue weighted by Gasteiger charge is -2.40. The largest absolute Gasteiger partial charge is 0.493 e. The second-order valence-electron chi connectivity index (χ2n) is 12.3. The number of nitrogens with zero attached hydrogens (tertiary/aromatic N) is 4. The first kappa shape index (κ1) is 38.9. The second kappa shape index (κ2) is 15.9. The third-order valence-electron chi connectivity index (χ3n) is 8.81. The van der Waals surface area contributed by atoms with Gasteiger partial charge in [0.2, 0.25) is 15.9 Å². The van der Waals surface area contributed by atoms with Gasteiger partial charge < -0.3 is 14.5 Å². The number of nitrogens with one attached hydrogen (secondary N) is 2. The van der Waals surface area contributed by atoms with Crippen LogP contribution in [-0.2, 0) is 25.3 Å². The number of likely N-dealkylation sites (N-methyl/N-ethyl adjacent to an activating group) is 1. The van der Waals surface area contributed by atoms with Crippen LogP contribution in [0.15, 0.2) is 71.6 Å². The van der Waals surface area contributed by atoms with E-state index in [0.717, 1.165) is 15.4 Å². The average molecular weight is 754 g/mol. The molecule has 3 atom stereocenters. The predicted octanol–water partition coefficient (Wildman–Crippen LogP) is 4.12. The van der Waals surface area contributed by atoms with Crippen LogP contribution in [0.25, 0.3) is 0 Å². The number of hydrogen-bond donors (Lipinski definition) is 2. The summed E-state index contributed by atoms with van der Waals surface area (Å²) in [6, 6.07) is 18.7. The second-order valence-corrected chi connectivity index (χ2v) is 15.4. The molecule has 0 bridgehead atoms. The van der Waals surface area contributed by atoms with Crippen molar-refractivity contribution in [3.8, 4) is 5.75 Å². The zero-order valence-electron chi connectivity index (χ0n) is 28.2. The molecule has 0 radical (unpaired) electrons. The van der Waals surface area contributed by atoms with Gasteiger partial charge >= 0.3 is 0 Å². The summed E-state index contributed by atoms with van der Waals surface area (Å²) in [5, 5.41) is 8.49. The maximum Gasteiger partial charge on any atom is 0.262 e. The molecule has 3 aromatic carbocycles. The summed E-state index contributed by atoms with van der Waals surface area (Å²) in [4.78, 5) is 32.9. The highest BCUT2D eigenvalue weighted by atomic mass is 35.5. The molecule has 49 heavy (non-hydrogen) atoms. The van der Waals surface area contributed by atoms with Gasteiger partial charge in [-0.2, -0.15) is 0 Å². The third-order valence-corrected chi connectivity index (χ3v) is 11.1. The van der Waals surface area contributed by atoms with Gasteiger partial charge in [0.25, 0.3) is 5.91 Å². The molecule has 2 amide bonds. The van der Waals surface area contributed by atoms with E-state index >= 15 is 4.79 Å². The van der Waals surface area contributed by atoms with Crippen LogP contribution in [0.5, 0.6) is 5.75 Å². The van der Waals surface area contributed by atoms with E-state index in [1.54, 1.807) is 54.2 Å². The van der Waals surface area contributed by atoms with Crippen LogP contribution < -0.4 is 15.4 Å². The normalized spacial score (nSPS) is 21.3. The van der Waals surface area contributed by atoms with Gasteiger partial charge in [-0.3, -0.25) is 25.1 Å². The molecule has 2 aliphatic rings. The van der Waals surface area contributed by atoms with E-state index in [4.69, 9.17) is 27.9 Å². The average Bonchev–Trinajstić information content (AvgIpc) is 3.47. The molecule has 2 saturated heterocycles. The number of halogens is 3. The molecule has 15 heteroatoms. The topological polar surface area (TPSA) is 115 Å². The lowest BCUT2D eigenvalue weighted by molar-refractivity contribution is -0.142. The Bertz CT molecular complexity index is 1680. The summed E-state index contributed by atoms with van der Waals surface area (Å²) >= 11 is 12.5. The molecule has 0 aliphatic carbocycles. The molecule has 0 aromatic heterocycles. The quantitative estimate of drug-likeness (QED) is 0.318. The van der Waals surface area contributed by atoms with Crippen molar-refractivity contribution in [3.05, 3.63) is 93.5 Å². The first-order valence-corrected chi connectivity index (χ1v) is 17.9. The maximum absolute atomic E-state index is 15.1. The van der Waals surface area contributed by atoms with Gasteiger partial charge in [0, 0.05) is 76.0 Å². The SMILES string of the molecule is CCOc1cc(S(=O)(=O)N(C)C)ccc1C1(C(=O)N2CCN(CC(=O)N(C)C)CC2)N[C@H](c2ccc(Cl)cc2)[C@H](c2ccc(Cl)cc2)N1.Cl. The zero-order chi connectivity index (χ0) is 34.8. The lowest BCUT2D eigenvalue weighted by Crippen LogP contribution is -2.62. The first-order chi connectivity index (χ1) is 22.8. The van der Waals surface area contributed by atoms with Gasteiger partial charge in [0.1, 0.15) is 5.75 Å². The molecule has 5 rings (SSSR count). The van der Waals surface area contributed by atoms with Crippen molar-refractivity contribution in [1.29, 1.82) is 0 Å². The minimum Gasteiger partial charge on any atom is -0.493 e. The number of hydrogen-bond acceptors (Lipinski definition) is 8. The highest BCUT2D eigenvalue weighted by Crippen LogP contribution is 2.45. The number of carbonyl (C=O) groups excluding carboxylic acids is 2. The summed E-state index contributed by atoms with van der Waals surface area (Å²) in [7, 11) is 2.58.